The first-order chi connectivity index (χ1) is 10.3. The summed E-state index contributed by atoms with van der Waals surface area (Å²) in [4.78, 5) is 9.03. The molecule has 1 aliphatic rings. The maximum atomic E-state index is 5.24. The van der Waals surface area contributed by atoms with Gasteiger partial charge in [-0.25, -0.2) is 0 Å². The molecule has 0 radical (unpaired) electrons. The molecular weight excluding hydrogens is 266 g/mol. The summed E-state index contributed by atoms with van der Waals surface area (Å²) in [5, 5.41) is 7.16. The molecule has 0 unspecified atom stereocenters. The van der Waals surface area contributed by atoms with Gasteiger partial charge in [0.25, 0.3) is 0 Å². The molecule has 2 aromatic heterocycles. The molecule has 0 saturated carbocycles. The second-order valence-corrected chi connectivity index (χ2v) is 5.38. The van der Waals surface area contributed by atoms with Gasteiger partial charge in [0.2, 0.25) is 0 Å². The fourth-order valence-electron chi connectivity index (χ4n) is 2.61. The molecule has 3 rings (SSSR count). The molecule has 1 N–H and O–H groups in total. The maximum absolute atomic E-state index is 5.24. The molecule has 1 aliphatic heterocycles. The van der Waals surface area contributed by atoms with Gasteiger partial charge in [-0.15, -0.1) is 0 Å². The van der Waals surface area contributed by atoms with Gasteiger partial charge in [-0.1, -0.05) is 0 Å². The Balaban J connectivity index is 1.58. The molecular formula is C15H21N5O. The highest BCUT2D eigenvalue weighted by Crippen LogP contribution is 2.21. The number of rotatable bonds is 4. The normalized spacial score (nSPS) is 16.2. The van der Waals surface area contributed by atoms with Crippen LogP contribution >= 0.6 is 0 Å². The van der Waals surface area contributed by atoms with Crippen molar-refractivity contribution in [1.29, 1.82) is 0 Å². The first-order valence-corrected chi connectivity index (χ1v) is 7.21. The summed E-state index contributed by atoms with van der Waals surface area (Å²) >= 11 is 0. The van der Waals surface area contributed by atoms with Crippen molar-refractivity contribution < 1.29 is 4.74 Å². The first kappa shape index (κ1) is 13.9. The van der Waals surface area contributed by atoms with Crippen molar-refractivity contribution in [3.63, 3.8) is 0 Å². The van der Waals surface area contributed by atoms with E-state index in [-0.39, 0.29) is 0 Å². The number of aromatic nitrogens is 3. The van der Waals surface area contributed by atoms with Crippen molar-refractivity contribution in [3.8, 4) is 5.75 Å². The van der Waals surface area contributed by atoms with Crippen LogP contribution in [0.1, 0.15) is 11.3 Å². The number of pyridine rings is 1. The van der Waals surface area contributed by atoms with Gasteiger partial charge >= 0.3 is 0 Å². The van der Waals surface area contributed by atoms with Crippen molar-refractivity contribution >= 4 is 5.69 Å². The third kappa shape index (κ3) is 3.16. The van der Waals surface area contributed by atoms with Gasteiger partial charge in [0.05, 0.1) is 37.1 Å². The molecule has 112 valence electrons. The Morgan fingerprint density at radius 2 is 2.00 bits per heavy atom. The Morgan fingerprint density at radius 3 is 2.67 bits per heavy atom. The van der Waals surface area contributed by atoms with Crippen molar-refractivity contribution in [2.75, 3.05) is 38.2 Å². The number of hydrogen-bond donors (Lipinski definition) is 1. The Morgan fingerprint density at radius 1 is 1.19 bits per heavy atom. The van der Waals surface area contributed by atoms with E-state index in [0.29, 0.717) is 0 Å². The minimum Gasteiger partial charge on any atom is -0.495 e. The fraction of sp³-hybridized carbons (Fsp3) is 0.467. The van der Waals surface area contributed by atoms with E-state index in [4.69, 9.17) is 4.74 Å². The summed E-state index contributed by atoms with van der Waals surface area (Å²) in [5.41, 5.74) is 3.58. The number of methoxy groups -OCH3 is 1. The van der Waals surface area contributed by atoms with Crippen LogP contribution in [0, 0.1) is 6.92 Å². The number of anilines is 1. The largest absolute Gasteiger partial charge is 0.495 e. The van der Waals surface area contributed by atoms with Gasteiger partial charge in [0.15, 0.2) is 0 Å². The molecule has 21 heavy (non-hydrogen) atoms. The van der Waals surface area contributed by atoms with Crippen LogP contribution < -0.4 is 9.64 Å². The second-order valence-electron chi connectivity index (χ2n) is 5.38. The molecule has 0 spiro atoms. The molecule has 6 heteroatoms. The third-order valence-corrected chi connectivity index (χ3v) is 3.99. The van der Waals surface area contributed by atoms with Crippen LogP contribution in [-0.2, 0) is 6.54 Å². The summed E-state index contributed by atoms with van der Waals surface area (Å²) in [6, 6.07) is 2.04. The Labute approximate surface area is 124 Å². The SMILES string of the molecule is COc1cncc(N2CCN(Cc3[nH]ncc3C)CC2)c1. The standard InChI is InChI=1S/C15H21N5O/c1-12-8-17-18-15(12)11-19-3-5-20(6-4-19)13-7-14(21-2)10-16-9-13/h7-10H,3-6,11H2,1-2H3,(H,17,18). The first-order valence-electron chi connectivity index (χ1n) is 7.21. The summed E-state index contributed by atoms with van der Waals surface area (Å²) in [5.74, 6) is 0.808. The maximum Gasteiger partial charge on any atom is 0.139 e. The summed E-state index contributed by atoms with van der Waals surface area (Å²) < 4.78 is 5.24. The third-order valence-electron chi connectivity index (χ3n) is 3.99. The number of H-pyrrole nitrogens is 1. The zero-order valence-electron chi connectivity index (χ0n) is 12.5. The van der Waals surface area contributed by atoms with Gasteiger partial charge in [-0.05, 0) is 12.5 Å². The Hall–Kier alpha value is -2.08. The predicted molar refractivity (Wildman–Crippen MR) is 81.6 cm³/mol. The second kappa shape index (κ2) is 6.13. The smallest absolute Gasteiger partial charge is 0.139 e. The molecule has 3 heterocycles. The number of aromatic amines is 1. The van der Waals surface area contributed by atoms with Crippen LogP contribution in [0.25, 0.3) is 0 Å². The quantitative estimate of drug-likeness (QED) is 0.922. The van der Waals surface area contributed by atoms with Crippen molar-refractivity contribution in [2.45, 2.75) is 13.5 Å². The summed E-state index contributed by atoms with van der Waals surface area (Å²) in [7, 11) is 1.67. The highest BCUT2D eigenvalue weighted by molar-refractivity contribution is 5.48. The summed E-state index contributed by atoms with van der Waals surface area (Å²) in [6.07, 6.45) is 5.52. The van der Waals surface area contributed by atoms with E-state index in [0.717, 1.165) is 44.2 Å². The van der Waals surface area contributed by atoms with Gasteiger partial charge in [0, 0.05) is 38.8 Å². The molecule has 0 atom stereocenters. The average molecular weight is 287 g/mol. The molecule has 0 aliphatic carbocycles. The van der Waals surface area contributed by atoms with Crippen LogP contribution in [0.2, 0.25) is 0 Å². The zero-order chi connectivity index (χ0) is 14.7. The lowest BCUT2D eigenvalue weighted by molar-refractivity contribution is 0.246. The lowest BCUT2D eigenvalue weighted by Gasteiger charge is -2.35. The van der Waals surface area contributed by atoms with Gasteiger partial charge in [0.1, 0.15) is 5.75 Å². The average Bonchev–Trinajstić information content (AvgIpc) is 2.93. The monoisotopic (exact) mass is 287 g/mol. The molecule has 2 aromatic rings. The number of ether oxygens (including phenoxy) is 1. The van der Waals surface area contributed by atoms with Crippen LogP contribution in [0.3, 0.4) is 0 Å². The predicted octanol–water partition coefficient (Wildman–Crippen LogP) is 1.44. The molecule has 0 aromatic carbocycles. The topological polar surface area (TPSA) is 57.3 Å². The van der Waals surface area contributed by atoms with Crippen molar-refractivity contribution in [3.05, 3.63) is 35.9 Å². The van der Waals surface area contributed by atoms with E-state index in [9.17, 15) is 0 Å². The number of nitrogens with zero attached hydrogens (tertiary/aromatic N) is 4. The van der Waals surface area contributed by atoms with E-state index in [1.54, 1.807) is 13.3 Å². The van der Waals surface area contributed by atoms with Gasteiger partial charge < -0.3 is 9.64 Å². The molecule has 0 amide bonds. The molecule has 6 nitrogen and oxygen atoms in total. The zero-order valence-corrected chi connectivity index (χ0v) is 12.5. The fourth-order valence-corrected chi connectivity index (χ4v) is 2.61. The molecule has 1 saturated heterocycles. The number of aryl methyl sites for hydroxylation is 1. The van der Waals surface area contributed by atoms with Gasteiger partial charge in [-0.2, -0.15) is 5.10 Å². The number of nitrogens with one attached hydrogen (secondary N) is 1. The van der Waals surface area contributed by atoms with E-state index in [2.05, 4.69) is 31.9 Å². The lowest BCUT2D eigenvalue weighted by atomic mass is 10.2. The van der Waals surface area contributed by atoms with Crippen molar-refractivity contribution in [2.24, 2.45) is 0 Å². The molecule has 0 bridgehead atoms. The molecule has 1 fully saturated rings. The van der Waals surface area contributed by atoms with E-state index in [1.165, 1.54) is 11.3 Å². The number of hydrogen-bond acceptors (Lipinski definition) is 5. The highest BCUT2D eigenvalue weighted by atomic mass is 16.5. The summed E-state index contributed by atoms with van der Waals surface area (Å²) in [6.45, 7) is 7.11. The Kier molecular flexibility index (Phi) is 4.06. The van der Waals surface area contributed by atoms with Gasteiger partial charge in [-0.3, -0.25) is 15.0 Å². The minimum atomic E-state index is 0.808. The van der Waals surface area contributed by atoms with E-state index >= 15 is 0 Å². The number of piperazine rings is 1. The Bertz CT molecular complexity index is 589. The highest BCUT2D eigenvalue weighted by Gasteiger charge is 2.18. The minimum absolute atomic E-state index is 0.808. The lowest BCUT2D eigenvalue weighted by Crippen LogP contribution is -2.46. The van der Waals surface area contributed by atoms with E-state index < -0.39 is 0 Å². The van der Waals surface area contributed by atoms with E-state index in [1.807, 2.05) is 18.5 Å². The van der Waals surface area contributed by atoms with Crippen LogP contribution in [0.4, 0.5) is 5.69 Å². The van der Waals surface area contributed by atoms with Crippen LogP contribution in [0.5, 0.6) is 5.75 Å². The van der Waals surface area contributed by atoms with Crippen LogP contribution in [0.15, 0.2) is 24.7 Å². The van der Waals surface area contributed by atoms with Crippen molar-refractivity contribution in [1.82, 2.24) is 20.1 Å². The van der Waals surface area contributed by atoms with Crippen LogP contribution in [-0.4, -0.2) is 53.4 Å².